The lowest BCUT2D eigenvalue weighted by molar-refractivity contribution is -0.138. The topological polar surface area (TPSA) is 57.5 Å². The van der Waals surface area contributed by atoms with Gasteiger partial charge in [0.2, 0.25) is 0 Å². The van der Waals surface area contributed by atoms with Crippen molar-refractivity contribution in [1.29, 1.82) is 0 Å². The van der Waals surface area contributed by atoms with Gasteiger partial charge in [0, 0.05) is 6.61 Å². The van der Waals surface area contributed by atoms with Crippen molar-refractivity contribution in [3.8, 4) is 0 Å². The first-order valence-electron chi connectivity index (χ1n) is 4.59. The summed E-state index contributed by atoms with van der Waals surface area (Å²) in [6.07, 6.45) is 3.25. The van der Waals surface area contributed by atoms with Crippen LogP contribution in [0.3, 0.4) is 0 Å². The number of aliphatic hydroxyl groups is 1. The van der Waals surface area contributed by atoms with Gasteiger partial charge in [-0.15, -0.1) is 0 Å². The molecule has 76 valence electrons. The van der Waals surface area contributed by atoms with Crippen molar-refractivity contribution in [2.45, 2.75) is 25.7 Å². The molecule has 1 fully saturated rings. The first-order valence-corrected chi connectivity index (χ1v) is 5.74. The number of hydrogen-bond donors (Lipinski definition) is 2. The van der Waals surface area contributed by atoms with Crippen molar-refractivity contribution >= 4 is 17.7 Å². The van der Waals surface area contributed by atoms with E-state index in [0.29, 0.717) is 6.42 Å². The fraction of sp³-hybridized carbons (Fsp3) is 0.889. The Morgan fingerprint density at radius 2 is 2.15 bits per heavy atom. The van der Waals surface area contributed by atoms with Gasteiger partial charge in [0.25, 0.3) is 0 Å². The van der Waals surface area contributed by atoms with Crippen LogP contribution in [0.2, 0.25) is 0 Å². The molecule has 0 spiro atoms. The number of rotatable bonds is 7. The van der Waals surface area contributed by atoms with Crippen molar-refractivity contribution in [2.75, 3.05) is 18.1 Å². The molecule has 0 aromatic carbocycles. The molecule has 13 heavy (non-hydrogen) atoms. The Morgan fingerprint density at radius 3 is 2.62 bits per heavy atom. The Kier molecular flexibility index (Phi) is 4.06. The van der Waals surface area contributed by atoms with Crippen molar-refractivity contribution in [3.05, 3.63) is 0 Å². The fourth-order valence-electron chi connectivity index (χ4n) is 1.33. The van der Waals surface area contributed by atoms with E-state index in [9.17, 15) is 4.79 Å². The number of thioether (sulfide) groups is 1. The van der Waals surface area contributed by atoms with Gasteiger partial charge >= 0.3 is 5.97 Å². The van der Waals surface area contributed by atoms with Crippen molar-refractivity contribution in [1.82, 2.24) is 0 Å². The van der Waals surface area contributed by atoms with Crippen LogP contribution in [0.5, 0.6) is 0 Å². The zero-order chi connectivity index (χ0) is 9.73. The maximum atomic E-state index is 10.5. The molecule has 1 aliphatic carbocycles. The van der Waals surface area contributed by atoms with Crippen LogP contribution < -0.4 is 0 Å². The van der Waals surface area contributed by atoms with Crippen molar-refractivity contribution in [2.24, 2.45) is 5.41 Å². The van der Waals surface area contributed by atoms with E-state index >= 15 is 0 Å². The highest BCUT2D eigenvalue weighted by Crippen LogP contribution is 2.50. The van der Waals surface area contributed by atoms with Gasteiger partial charge in [-0.05, 0) is 36.2 Å². The smallest absolute Gasteiger partial charge is 0.303 e. The molecule has 1 aliphatic rings. The van der Waals surface area contributed by atoms with E-state index in [2.05, 4.69) is 0 Å². The molecule has 2 N–H and O–H groups in total. The lowest BCUT2D eigenvalue weighted by Crippen LogP contribution is -2.11. The Balaban J connectivity index is 2.09. The van der Waals surface area contributed by atoms with E-state index in [-0.39, 0.29) is 12.0 Å². The molecule has 0 radical (unpaired) electrons. The Morgan fingerprint density at radius 1 is 1.46 bits per heavy atom. The summed E-state index contributed by atoms with van der Waals surface area (Å²) in [6, 6.07) is 0. The largest absolute Gasteiger partial charge is 0.481 e. The molecule has 0 amide bonds. The predicted molar refractivity (Wildman–Crippen MR) is 52.9 cm³/mol. The Bertz CT molecular complexity index is 178. The Hall–Kier alpha value is -0.220. The first-order chi connectivity index (χ1) is 6.18. The maximum Gasteiger partial charge on any atom is 0.303 e. The average molecular weight is 204 g/mol. The average Bonchev–Trinajstić information content (AvgIpc) is 2.78. The van der Waals surface area contributed by atoms with E-state index in [0.717, 1.165) is 30.8 Å². The van der Waals surface area contributed by atoms with E-state index in [4.69, 9.17) is 10.2 Å². The summed E-state index contributed by atoms with van der Waals surface area (Å²) >= 11 is 1.77. The SMILES string of the molecule is O=C(O)CC1(CSCCCO)CC1. The summed E-state index contributed by atoms with van der Waals surface area (Å²) < 4.78 is 0. The second-order valence-corrected chi connectivity index (χ2v) is 4.81. The standard InChI is InChI=1S/C9H16O3S/c10-4-1-5-13-7-9(2-3-9)6-8(11)12/h10H,1-7H2,(H,11,12). The van der Waals surface area contributed by atoms with Gasteiger partial charge in [0.15, 0.2) is 0 Å². The molecular formula is C9H16O3S. The fourth-order valence-corrected chi connectivity index (χ4v) is 2.63. The third kappa shape index (κ3) is 4.00. The minimum Gasteiger partial charge on any atom is -0.481 e. The third-order valence-corrected chi connectivity index (χ3v) is 3.73. The summed E-state index contributed by atoms with van der Waals surface area (Å²) in [6.45, 7) is 0.235. The number of hydrogen-bond acceptors (Lipinski definition) is 3. The zero-order valence-corrected chi connectivity index (χ0v) is 8.48. The highest BCUT2D eigenvalue weighted by molar-refractivity contribution is 7.99. The predicted octanol–water partition coefficient (Wildman–Crippen LogP) is 1.36. The van der Waals surface area contributed by atoms with Crippen LogP contribution in [-0.2, 0) is 4.79 Å². The van der Waals surface area contributed by atoms with Gasteiger partial charge in [-0.25, -0.2) is 0 Å². The van der Waals surface area contributed by atoms with Gasteiger partial charge in [0.1, 0.15) is 0 Å². The number of carboxylic acid groups (broad SMARTS) is 1. The minimum atomic E-state index is -0.680. The monoisotopic (exact) mass is 204 g/mol. The lowest BCUT2D eigenvalue weighted by Gasteiger charge is -2.10. The molecule has 0 aliphatic heterocycles. The van der Waals surface area contributed by atoms with Gasteiger partial charge in [-0.3, -0.25) is 4.79 Å². The van der Waals surface area contributed by atoms with Gasteiger partial charge in [0.05, 0.1) is 6.42 Å². The molecule has 0 aromatic heterocycles. The Labute approximate surface area is 82.5 Å². The second-order valence-electron chi connectivity index (χ2n) is 3.70. The molecule has 0 bridgehead atoms. The molecule has 4 heteroatoms. The normalized spacial score (nSPS) is 18.5. The summed E-state index contributed by atoms with van der Waals surface area (Å²) in [4.78, 5) is 10.5. The van der Waals surface area contributed by atoms with Crippen LogP contribution in [0, 0.1) is 5.41 Å². The van der Waals surface area contributed by atoms with Crippen molar-refractivity contribution < 1.29 is 15.0 Å². The van der Waals surface area contributed by atoms with E-state index < -0.39 is 5.97 Å². The summed E-state index contributed by atoms with van der Waals surface area (Å²) in [5.74, 6) is 1.21. The molecular weight excluding hydrogens is 188 g/mol. The molecule has 0 atom stereocenters. The number of carboxylic acids is 1. The van der Waals surface area contributed by atoms with E-state index in [1.54, 1.807) is 11.8 Å². The van der Waals surface area contributed by atoms with Crippen LogP contribution in [0.15, 0.2) is 0 Å². The van der Waals surface area contributed by atoms with E-state index in [1.807, 2.05) is 0 Å². The van der Waals surface area contributed by atoms with Gasteiger partial charge in [-0.1, -0.05) is 0 Å². The molecule has 0 saturated heterocycles. The molecule has 1 rings (SSSR count). The van der Waals surface area contributed by atoms with Crippen LogP contribution in [0.1, 0.15) is 25.7 Å². The zero-order valence-electron chi connectivity index (χ0n) is 7.66. The molecule has 1 saturated carbocycles. The summed E-state index contributed by atoms with van der Waals surface area (Å²) in [5.41, 5.74) is 0.103. The quantitative estimate of drug-likeness (QED) is 0.615. The maximum absolute atomic E-state index is 10.5. The van der Waals surface area contributed by atoms with Gasteiger partial charge in [-0.2, -0.15) is 11.8 Å². The lowest BCUT2D eigenvalue weighted by atomic mass is 10.1. The molecule has 0 unspecified atom stereocenters. The van der Waals surface area contributed by atoms with Crippen LogP contribution in [0.25, 0.3) is 0 Å². The minimum absolute atomic E-state index is 0.103. The highest BCUT2D eigenvalue weighted by Gasteiger charge is 2.43. The van der Waals surface area contributed by atoms with Gasteiger partial charge < -0.3 is 10.2 Å². The highest BCUT2D eigenvalue weighted by atomic mass is 32.2. The first kappa shape index (κ1) is 10.9. The summed E-state index contributed by atoms with van der Waals surface area (Å²) in [5, 5.41) is 17.2. The van der Waals surface area contributed by atoms with Crippen molar-refractivity contribution in [3.63, 3.8) is 0 Å². The third-order valence-electron chi connectivity index (χ3n) is 2.34. The van der Waals surface area contributed by atoms with Crippen LogP contribution >= 0.6 is 11.8 Å². The number of carbonyl (C=O) groups is 1. The second kappa shape index (κ2) is 4.86. The molecule has 3 nitrogen and oxygen atoms in total. The number of aliphatic hydroxyl groups excluding tert-OH is 1. The molecule has 0 aromatic rings. The van der Waals surface area contributed by atoms with Crippen LogP contribution in [-0.4, -0.2) is 34.3 Å². The van der Waals surface area contributed by atoms with E-state index in [1.165, 1.54) is 0 Å². The molecule has 0 heterocycles. The summed E-state index contributed by atoms with van der Waals surface area (Å²) in [7, 11) is 0. The van der Waals surface area contributed by atoms with Crippen LogP contribution in [0.4, 0.5) is 0 Å². The number of aliphatic carboxylic acids is 1.